The zero-order valence-corrected chi connectivity index (χ0v) is 10.1. The summed E-state index contributed by atoms with van der Waals surface area (Å²) in [5.74, 6) is 0.957. The van der Waals surface area contributed by atoms with Crippen molar-refractivity contribution in [2.75, 3.05) is 13.1 Å². The summed E-state index contributed by atoms with van der Waals surface area (Å²) in [7, 11) is 0. The van der Waals surface area contributed by atoms with Gasteiger partial charge in [0.1, 0.15) is 0 Å². The highest BCUT2D eigenvalue weighted by Gasteiger charge is 2.41. The summed E-state index contributed by atoms with van der Waals surface area (Å²) in [6.07, 6.45) is 5.60. The van der Waals surface area contributed by atoms with Gasteiger partial charge in [0.2, 0.25) is 0 Å². The van der Waals surface area contributed by atoms with Gasteiger partial charge in [-0.25, -0.2) is 0 Å². The van der Waals surface area contributed by atoms with Crippen molar-refractivity contribution in [2.24, 2.45) is 11.3 Å². The molecule has 0 aromatic heterocycles. The van der Waals surface area contributed by atoms with Crippen molar-refractivity contribution in [2.45, 2.75) is 32.6 Å². The van der Waals surface area contributed by atoms with Crippen LogP contribution in [0.3, 0.4) is 0 Å². The number of nitrogens with one attached hydrogen (secondary N) is 1. The highest BCUT2D eigenvalue weighted by molar-refractivity contribution is 5.24. The molecule has 16 heavy (non-hydrogen) atoms. The molecule has 1 aromatic carbocycles. The molecule has 1 N–H and O–H groups in total. The summed E-state index contributed by atoms with van der Waals surface area (Å²) in [4.78, 5) is 0. The van der Waals surface area contributed by atoms with Crippen LogP contribution in [-0.2, 0) is 6.42 Å². The number of fused-ring (bicyclic) bond motifs is 2. The average molecular weight is 215 g/mol. The van der Waals surface area contributed by atoms with Crippen LogP contribution in [-0.4, -0.2) is 13.1 Å². The molecule has 0 amide bonds. The van der Waals surface area contributed by atoms with Crippen molar-refractivity contribution in [1.82, 2.24) is 5.32 Å². The zero-order chi connectivity index (χ0) is 11.0. The topological polar surface area (TPSA) is 12.0 Å². The molecule has 86 valence electrons. The molecule has 1 nitrogen and oxygen atoms in total. The maximum Gasteiger partial charge on any atom is 0.00112 e. The van der Waals surface area contributed by atoms with Crippen LogP contribution < -0.4 is 5.32 Å². The van der Waals surface area contributed by atoms with E-state index in [4.69, 9.17) is 0 Å². The third-order valence-corrected chi connectivity index (χ3v) is 4.40. The minimum Gasteiger partial charge on any atom is -0.316 e. The predicted molar refractivity (Wildman–Crippen MR) is 67.5 cm³/mol. The molecule has 2 atom stereocenters. The van der Waals surface area contributed by atoms with E-state index in [1.54, 1.807) is 0 Å². The van der Waals surface area contributed by atoms with Crippen LogP contribution in [0.4, 0.5) is 0 Å². The number of benzene rings is 1. The Morgan fingerprint density at radius 3 is 3.25 bits per heavy atom. The smallest absolute Gasteiger partial charge is 0.00112 e. The number of hydrogen-bond acceptors (Lipinski definition) is 1. The van der Waals surface area contributed by atoms with E-state index in [-0.39, 0.29) is 0 Å². The summed E-state index contributed by atoms with van der Waals surface area (Å²) >= 11 is 0. The van der Waals surface area contributed by atoms with Gasteiger partial charge in [-0.2, -0.15) is 0 Å². The van der Waals surface area contributed by atoms with Gasteiger partial charge in [0.05, 0.1) is 0 Å². The maximum absolute atomic E-state index is 3.62. The lowest BCUT2D eigenvalue weighted by Crippen LogP contribution is -2.40. The average Bonchev–Trinajstić information content (AvgIpc) is 2.54. The number of aryl methyl sites for hydroxylation is 1. The quantitative estimate of drug-likeness (QED) is 0.800. The van der Waals surface area contributed by atoms with Crippen LogP contribution in [0.2, 0.25) is 0 Å². The molecule has 0 spiro atoms. The van der Waals surface area contributed by atoms with E-state index in [0.717, 1.165) is 5.92 Å². The third-order valence-electron chi connectivity index (χ3n) is 4.40. The summed E-state index contributed by atoms with van der Waals surface area (Å²) in [5, 5.41) is 3.62. The van der Waals surface area contributed by atoms with E-state index < -0.39 is 0 Å². The highest BCUT2D eigenvalue weighted by Crippen LogP contribution is 2.45. The fraction of sp³-hybridized carbons (Fsp3) is 0.600. The van der Waals surface area contributed by atoms with Gasteiger partial charge in [-0.1, -0.05) is 29.8 Å². The van der Waals surface area contributed by atoms with Crippen LogP contribution in [0, 0.1) is 18.3 Å². The van der Waals surface area contributed by atoms with Crippen molar-refractivity contribution in [3.63, 3.8) is 0 Å². The third kappa shape index (κ3) is 1.89. The molecule has 1 aliphatic heterocycles. The van der Waals surface area contributed by atoms with E-state index >= 15 is 0 Å². The molecule has 1 heterocycles. The van der Waals surface area contributed by atoms with Gasteiger partial charge in [0.25, 0.3) is 0 Å². The van der Waals surface area contributed by atoms with Crippen LogP contribution >= 0.6 is 0 Å². The molecule has 3 rings (SSSR count). The van der Waals surface area contributed by atoms with Crippen molar-refractivity contribution in [3.8, 4) is 0 Å². The maximum atomic E-state index is 3.62. The summed E-state index contributed by atoms with van der Waals surface area (Å²) in [5.41, 5.74) is 3.51. The number of rotatable bonds is 2. The Labute approximate surface area is 98.3 Å². The van der Waals surface area contributed by atoms with Crippen LogP contribution in [0.15, 0.2) is 24.3 Å². The molecule has 1 aliphatic carbocycles. The molecule has 1 saturated carbocycles. The zero-order valence-electron chi connectivity index (χ0n) is 10.1. The molecular formula is C15H21N. The first-order valence-corrected chi connectivity index (χ1v) is 6.52. The predicted octanol–water partition coefficient (Wildman–Crippen LogP) is 2.93. The molecule has 2 bridgehead atoms. The van der Waals surface area contributed by atoms with E-state index in [0.29, 0.717) is 5.41 Å². The largest absolute Gasteiger partial charge is 0.316 e. The fourth-order valence-corrected chi connectivity index (χ4v) is 3.68. The molecule has 1 saturated heterocycles. The summed E-state index contributed by atoms with van der Waals surface area (Å²) in [6, 6.07) is 9.04. The Hall–Kier alpha value is -0.820. The Morgan fingerprint density at radius 1 is 1.44 bits per heavy atom. The SMILES string of the molecule is Cc1cccc(CC23CCC(CNC2)C3)c1. The van der Waals surface area contributed by atoms with Gasteiger partial charge in [-0.15, -0.1) is 0 Å². The number of hydrogen-bond donors (Lipinski definition) is 1. The van der Waals surface area contributed by atoms with Crippen LogP contribution in [0.1, 0.15) is 30.4 Å². The second-order valence-corrected chi connectivity index (χ2v) is 5.91. The highest BCUT2D eigenvalue weighted by atomic mass is 14.9. The Morgan fingerprint density at radius 2 is 2.38 bits per heavy atom. The van der Waals surface area contributed by atoms with E-state index in [2.05, 4.69) is 36.5 Å². The first-order valence-electron chi connectivity index (χ1n) is 6.52. The lowest BCUT2D eigenvalue weighted by Gasteiger charge is -2.34. The van der Waals surface area contributed by atoms with Crippen LogP contribution in [0.5, 0.6) is 0 Å². The first-order chi connectivity index (χ1) is 7.76. The molecule has 1 heteroatoms. The second kappa shape index (κ2) is 3.89. The molecule has 2 fully saturated rings. The monoisotopic (exact) mass is 215 g/mol. The minimum atomic E-state index is 0.580. The van der Waals surface area contributed by atoms with Gasteiger partial charge < -0.3 is 5.32 Å². The van der Waals surface area contributed by atoms with Gasteiger partial charge in [-0.3, -0.25) is 0 Å². The minimum absolute atomic E-state index is 0.580. The van der Waals surface area contributed by atoms with Crippen LogP contribution in [0.25, 0.3) is 0 Å². The lowest BCUT2D eigenvalue weighted by atomic mass is 9.77. The lowest BCUT2D eigenvalue weighted by molar-refractivity contribution is 0.229. The summed E-state index contributed by atoms with van der Waals surface area (Å²) in [6.45, 7) is 4.69. The van der Waals surface area contributed by atoms with E-state index in [1.165, 1.54) is 49.9 Å². The van der Waals surface area contributed by atoms with Crippen molar-refractivity contribution >= 4 is 0 Å². The van der Waals surface area contributed by atoms with Gasteiger partial charge >= 0.3 is 0 Å². The molecule has 0 radical (unpaired) electrons. The Balaban J connectivity index is 1.79. The number of piperidine rings is 1. The van der Waals surface area contributed by atoms with Gasteiger partial charge in [-0.05, 0) is 56.0 Å². The van der Waals surface area contributed by atoms with Crippen molar-refractivity contribution in [3.05, 3.63) is 35.4 Å². The molecule has 1 aromatic rings. The fourth-order valence-electron chi connectivity index (χ4n) is 3.68. The molecule has 2 unspecified atom stereocenters. The normalized spacial score (nSPS) is 32.9. The first kappa shape index (κ1) is 10.3. The van der Waals surface area contributed by atoms with Gasteiger partial charge in [0, 0.05) is 6.54 Å². The Bertz CT molecular complexity index is 381. The standard InChI is InChI=1S/C15H21N/c1-12-3-2-4-13(7-12)8-15-6-5-14(9-15)10-16-11-15/h2-4,7,14,16H,5-6,8-11H2,1H3. The van der Waals surface area contributed by atoms with Crippen molar-refractivity contribution < 1.29 is 0 Å². The Kier molecular flexibility index (Phi) is 2.51. The summed E-state index contributed by atoms with van der Waals surface area (Å²) < 4.78 is 0. The molecular weight excluding hydrogens is 194 g/mol. The van der Waals surface area contributed by atoms with E-state index in [9.17, 15) is 0 Å². The molecule has 2 aliphatic rings. The van der Waals surface area contributed by atoms with Gasteiger partial charge in [0.15, 0.2) is 0 Å². The van der Waals surface area contributed by atoms with Crippen molar-refractivity contribution in [1.29, 1.82) is 0 Å². The second-order valence-electron chi connectivity index (χ2n) is 5.91. The van der Waals surface area contributed by atoms with E-state index in [1.807, 2.05) is 0 Å².